The molecular formula is C20H26N2O10S. The number of rotatable bonds is 9. The molecule has 0 radical (unpaired) electrons. The summed E-state index contributed by atoms with van der Waals surface area (Å²) in [6.07, 6.45) is -4.38. The smallest absolute Gasteiger partial charge is 0.335 e. The second-order valence-corrected chi connectivity index (χ2v) is 9.31. The van der Waals surface area contributed by atoms with Crippen LogP contribution in [-0.4, -0.2) is 62.7 Å². The van der Waals surface area contributed by atoms with Gasteiger partial charge in [-0.05, 0) is 19.4 Å². The molecule has 1 fully saturated rings. The summed E-state index contributed by atoms with van der Waals surface area (Å²) in [7, 11) is -4.63. The highest BCUT2D eigenvalue weighted by atomic mass is 32.2. The highest BCUT2D eigenvalue weighted by Crippen LogP contribution is 2.32. The van der Waals surface area contributed by atoms with Crippen LogP contribution in [-0.2, 0) is 37.7 Å². The van der Waals surface area contributed by atoms with Gasteiger partial charge >= 0.3 is 5.69 Å². The lowest BCUT2D eigenvalue weighted by Gasteiger charge is -2.25. The number of aliphatic hydroxyl groups excluding tert-OH is 2. The standard InChI is InChI=1S/C20H26N2O10S/c1-12-8-21(19-17(16(24)15(9-23)32-19)31-13(2)33(27,28)29)20(26)22(18(12)25)11-30-10-14-6-4-3-5-7-14/h3-8,13,15-17,19,23-24H,9-11H2,1-2H3,(H,27,28,29)/t13?,15-,16?,17?,19-/m0/s1. The van der Waals surface area contributed by atoms with Crippen molar-refractivity contribution in [2.24, 2.45) is 0 Å². The molecule has 0 spiro atoms. The molecule has 0 aliphatic carbocycles. The van der Waals surface area contributed by atoms with Gasteiger partial charge in [-0.2, -0.15) is 8.42 Å². The van der Waals surface area contributed by atoms with Crippen molar-refractivity contribution in [2.75, 3.05) is 6.61 Å². The lowest BCUT2D eigenvalue weighted by molar-refractivity contribution is -0.0821. The Morgan fingerprint density at radius 1 is 1.21 bits per heavy atom. The Hall–Kier alpha value is -2.39. The number of aliphatic hydroxyl groups is 2. The minimum absolute atomic E-state index is 0.142. The SMILES string of the molecule is Cc1cn([C@H]2O[C@@H](CO)C(O)C2OC(C)S(=O)(=O)O)c(=O)n(COCc2ccccc2)c1=O. The molecule has 0 saturated carbocycles. The third kappa shape index (κ3) is 5.58. The number of hydrogen-bond acceptors (Lipinski definition) is 9. The molecule has 2 heterocycles. The van der Waals surface area contributed by atoms with Crippen LogP contribution in [0.2, 0.25) is 0 Å². The van der Waals surface area contributed by atoms with E-state index in [-0.39, 0.29) is 18.9 Å². The van der Waals surface area contributed by atoms with E-state index in [4.69, 9.17) is 14.2 Å². The fourth-order valence-electron chi connectivity index (χ4n) is 3.41. The van der Waals surface area contributed by atoms with Crippen LogP contribution in [0.4, 0.5) is 0 Å². The van der Waals surface area contributed by atoms with Gasteiger partial charge in [0.1, 0.15) is 25.0 Å². The molecule has 2 aromatic rings. The van der Waals surface area contributed by atoms with Crippen LogP contribution < -0.4 is 11.2 Å². The van der Waals surface area contributed by atoms with E-state index in [0.717, 1.165) is 21.6 Å². The molecular weight excluding hydrogens is 460 g/mol. The molecule has 182 valence electrons. The van der Waals surface area contributed by atoms with E-state index in [0.29, 0.717) is 0 Å². The van der Waals surface area contributed by atoms with Crippen LogP contribution >= 0.6 is 0 Å². The Kier molecular flexibility index (Phi) is 7.84. The van der Waals surface area contributed by atoms with Gasteiger partial charge in [-0.15, -0.1) is 0 Å². The van der Waals surface area contributed by atoms with Gasteiger partial charge in [0.2, 0.25) is 0 Å². The summed E-state index contributed by atoms with van der Waals surface area (Å²) >= 11 is 0. The second-order valence-electron chi connectivity index (χ2n) is 7.62. The number of nitrogens with zero attached hydrogens (tertiary/aromatic N) is 2. The van der Waals surface area contributed by atoms with Crippen molar-refractivity contribution in [1.82, 2.24) is 9.13 Å². The quantitative estimate of drug-likeness (QED) is 0.388. The Labute approximate surface area is 189 Å². The minimum atomic E-state index is -4.63. The van der Waals surface area contributed by atoms with Crippen molar-refractivity contribution in [1.29, 1.82) is 0 Å². The van der Waals surface area contributed by atoms with E-state index in [1.54, 1.807) is 0 Å². The van der Waals surface area contributed by atoms with Crippen LogP contribution in [0.1, 0.15) is 24.3 Å². The third-order valence-electron chi connectivity index (χ3n) is 5.23. The van der Waals surface area contributed by atoms with Crippen molar-refractivity contribution in [3.8, 4) is 0 Å². The van der Waals surface area contributed by atoms with E-state index in [1.165, 1.54) is 13.1 Å². The average molecular weight is 486 g/mol. The van der Waals surface area contributed by atoms with Crippen molar-refractivity contribution in [3.63, 3.8) is 0 Å². The van der Waals surface area contributed by atoms with E-state index in [9.17, 15) is 32.8 Å². The highest BCUT2D eigenvalue weighted by molar-refractivity contribution is 7.86. The Balaban J connectivity index is 1.92. The summed E-state index contributed by atoms with van der Waals surface area (Å²) in [5.74, 6) is 0. The Morgan fingerprint density at radius 2 is 1.88 bits per heavy atom. The zero-order chi connectivity index (χ0) is 24.3. The lowest BCUT2D eigenvalue weighted by Crippen LogP contribution is -2.46. The summed E-state index contributed by atoms with van der Waals surface area (Å²) in [5, 5.41) is 19.9. The molecule has 0 amide bonds. The summed E-state index contributed by atoms with van der Waals surface area (Å²) in [5.41, 5.74) is -2.24. The maximum absolute atomic E-state index is 13.1. The van der Waals surface area contributed by atoms with Crippen LogP contribution in [0.25, 0.3) is 0 Å². The van der Waals surface area contributed by atoms with E-state index < -0.39 is 57.9 Å². The monoisotopic (exact) mass is 486 g/mol. The molecule has 3 rings (SSSR count). The first-order valence-electron chi connectivity index (χ1n) is 10.0. The molecule has 3 unspecified atom stereocenters. The number of ether oxygens (including phenoxy) is 3. The predicted molar refractivity (Wildman–Crippen MR) is 114 cm³/mol. The van der Waals surface area contributed by atoms with Crippen LogP contribution in [0.15, 0.2) is 46.1 Å². The summed E-state index contributed by atoms with van der Waals surface area (Å²) < 4.78 is 50.2. The molecule has 1 aliphatic rings. The Morgan fingerprint density at radius 3 is 2.48 bits per heavy atom. The molecule has 5 atom stereocenters. The molecule has 12 nitrogen and oxygen atoms in total. The van der Waals surface area contributed by atoms with Gasteiger partial charge in [0.05, 0.1) is 13.2 Å². The van der Waals surface area contributed by atoms with Crippen molar-refractivity contribution in [2.45, 2.75) is 57.2 Å². The topological polar surface area (TPSA) is 167 Å². The van der Waals surface area contributed by atoms with Crippen LogP contribution in [0.3, 0.4) is 0 Å². The largest absolute Gasteiger partial charge is 0.394 e. The fraction of sp³-hybridized carbons (Fsp3) is 0.500. The summed E-state index contributed by atoms with van der Waals surface area (Å²) in [4.78, 5) is 25.7. The van der Waals surface area contributed by atoms with Crippen LogP contribution in [0.5, 0.6) is 0 Å². The molecule has 0 bridgehead atoms. The first kappa shape index (κ1) is 25.2. The number of hydrogen-bond donors (Lipinski definition) is 3. The zero-order valence-electron chi connectivity index (χ0n) is 18.0. The maximum atomic E-state index is 13.1. The predicted octanol–water partition coefficient (Wildman–Crippen LogP) is -0.638. The van der Waals surface area contributed by atoms with Gasteiger partial charge in [0.15, 0.2) is 11.7 Å². The third-order valence-corrected chi connectivity index (χ3v) is 6.18. The van der Waals surface area contributed by atoms with Crippen LogP contribution in [0, 0.1) is 6.92 Å². The summed E-state index contributed by atoms with van der Waals surface area (Å²) in [6, 6.07) is 9.11. The summed E-state index contributed by atoms with van der Waals surface area (Å²) in [6.45, 7) is 1.62. The molecule has 1 aliphatic heterocycles. The van der Waals surface area contributed by atoms with Gasteiger partial charge in [-0.25, -0.2) is 9.36 Å². The van der Waals surface area contributed by atoms with Crippen molar-refractivity contribution >= 4 is 10.1 Å². The first-order chi connectivity index (χ1) is 15.5. The van der Waals surface area contributed by atoms with E-state index in [1.807, 2.05) is 30.3 Å². The lowest BCUT2D eigenvalue weighted by atomic mass is 10.1. The van der Waals surface area contributed by atoms with Gasteiger partial charge in [-0.1, -0.05) is 30.3 Å². The molecule has 1 aromatic carbocycles. The molecule has 3 N–H and O–H groups in total. The normalized spacial score (nSPS) is 24.2. The van der Waals surface area contributed by atoms with E-state index >= 15 is 0 Å². The van der Waals surface area contributed by atoms with Gasteiger partial charge in [-0.3, -0.25) is 13.9 Å². The molecule has 1 aromatic heterocycles. The second kappa shape index (κ2) is 10.3. The van der Waals surface area contributed by atoms with Crippen molar-refractivity contribution < 1.29 is 37.4 Å². The molecule has 1 saturated heterocycles. The van der Waals surface area contributed by atoms with E-state index in [2.05, 4.69) is 0 Å². The fourth-order valence-corrected chi connectivity index (χ4v) is 3.68. The highest BCUT2D eigenvalue weighted by Gasteiger charge is 2.47. The first-order valence-corrected chi connectivity index (χ1v) is 11.5. The number of benzene rings is 1. The zero-order valence-corrected chi connectivity index (χ0v) is 18.8. The minimum Gasteiger partial charge on any atom is -0.394 e. The molecule has 13 heteroatoms. The Bertz CT molecular complexity index is 1180. The molecule has 33 heavy (non-hydrogen) atoms. The number of aromatic nitrogens is 2. The van der Waals surface area contributed by atoms with Gasteiger partial charge in [0, 0.05) is 11.8 Å². The van der Waals surface area contributed by atoms with Crippen molar-refractivity contribution in [3.05, 3.63) is 68.5 Å². The number of aryl methyl sites for hydroxylation is 1. The average Bonchev–Trinajstić information content (AvgIpc) is 3.08. The van der Waals surface area contributed by atoms with Gasteiger partial charge < -0.3 is 24.4 Å². The maximum Gasteiger partial charge on any atom is 0.335 e. The van der Waals surface area contributed by atoms with Gasteiger partial charge in [0.25, 0.3) is 15.7 Å².